The summed E-state index contributed by atoms with van der Waals surface area (Å²) >= 11 is 6.85. The molecule has 4 nitrogen and oxygen atoms in total. The average Bonchev–Trinajstić information content (AvgIpc) is 2.24. The van der Waals surface area contributed by atoms with Crippen molar-refractivity contribution in [2.75, 3.05) is 11.1 Å². The first-order chi connectivity index (χ1) is 7.65. The van der Waals surface area contributed by atoms with Crippen LogP contribution in [0.25, 0.3) is 0 Å². The monoisotopic (exact) mass is 342 g/mol. The maximum Gasteiger partial charge on any atom is 0.135 e. The van der Waals surface area contributed by atoms with Crippen molar-refractivity contribution in [3.63, 3.8) is 0 Å². The van der Waals surface area contributed by atoms with E-state index >= 15 is 0 Å². The van der Waals surface area contributed by atoms with Gasteiger partial charge in [0, 0.05) is 15.0 Å². The van der Waals surface area contributed by atoms with E-state index in [1.807, 2.05) is 18.2 Å². The van der Waals surface area contributed by atoms with E-state index in [4.69, 9.17) is 5.73 Å². The third-order valence-corrected chi connectivity index (χ3v) is 3.06. The molecule has 1 heterocycles. The van der Waals surface area contributed by atoms with Crippen molar-refractivity contribution < 1.29 is 0 Å². The highest BCUT2D eigenvalue weighted by Crippen LogP contribution is 2.28. The summed E-state index contributed by atoms with van der Waals surface area (Å²) in [6, 6.07) is 7.51. The lowest BCUT2D eigenvalue weighted by Gasteiger charge is -2.08. The topological polar surface area (TPSA) is 63.8 Å². The predicted molar refractivity (Wildman–Crippen MR) is 71.6 cm³/mol. The van der Waals surface area contributed by atoms with E-state index in [0.29, 0.717) is 11.6 Å². The molecule has 82 valence electrons. The molecule has 0 bridgehead atoms. The highest BCUT2D eigenvalue weighted by molar-refractivity contribution is 9.11. The number of aromatic nitrogens is 2. The summed E-state index contributed by atoms with van der Waals surface area (Å²) in [6.45, 7) is 0. The molecular formula is C10H8Br2N4. The van der Waals surface area contributed by atoms with Gasteiger partial charge < -0.3 is 11.1 Å². The summed E-state index contributed by atoms with van der Waals surface area (Å²) in [5.41, 5.74) is 6.48. The molecule has 0 fully saturated rings. The molecule has 1 aromatic heterocycles. The van der Waals surface area contributed by atoms with Crippen LogP contribution in [-0.2, 0) is 0 Å². The van der Waals surface area contributed by atoms with Gasteiger partial charge in [0.05, 0.1) is 5.69 Å². The number of nitrogens with one attached hydrogen (secondary N) is 1. The average molecular weight is 344 g/mol. The fourth-order valence-electron chi connectivity index (χ4n) is 1.17. The summed E-state index contributed by atoms with van der Waals surface area (Å²) in [4.78, 5) is 7.89. The van der Waals surface area contributed by atoms with E-state index in [1.165, 1.54) is 6.33 Å². The Labute approximate surface area is 110 Å². The number of hydrogen-bond donors (Lipinski definition) is 2. The lowest BCUT2D eigenvalue weighted by molar-refractivity contribution is 1.17. The van der Waals surface area contributed by atoms with Gasteiger partial charge >= 0.3 is 0 Å². The Balaban J connectivity index is 2.30. The Hall–Kier alpha value is -1.14. The minimum absolute atomic E-state index is 0.434. The van der Waals surface area contributed by atoms with Gasteiger partial charge in [0.1, 0.15) is 18.0 Å². The van der Waals surface area contributed by atoms with Gasteiger partial charge in [-0.1, -0.05) is 15.9 Å². The molecule has 0 spiro atoms. The number of nitrogens with two attached hydrogens (primary N) is 1. The van der Waals surface area contributed by atoms with Crippen LogP contribution in [0.3, 0.4) is 0 Å². The van der Waals surface area contributed by atoms with Gasteiger partial charge in [-0.25, -0.2) is 9.97 Å². The zero-order valence-electron chi connectivity index (χ0n) is 8.11. The summed E-state index contributed by atoms with van der Waals surface area (Å²) in [6.07, 6.45) is 1.42. The Morgan fingerprint density at radius 3 is 2.69 bits per heavy atom. The van der Waals surface area contributed by atoms with E-state index in [-0.39, 0.29) is 0 Å². The van der Waals surface area contributed by atoms with Crippen molar-refractivity contribution in [1.82, 2.24) is 9.97 Å². The molecule has 6 heteroatoms. The Morgan fingerprint density at radius 1 is 1.12 bits per heavy atom. The van der Waals surface area contributed by atoms with Crippen LogP contribution in [0, 0.1) is 0 Å². The lowest BCUT2D eigenvalue weighted by atomic mass is 10.3. The van der Waals surface area contributed by atoms with Crippen LogP contribution in [0.4, 0.5) is 17.3 Å². The van der Waals surface area contributed by atoms with E-state index < -0.39 is 0 Å². The first-order valence-electron chi connectivity index (χ1n) is 4.45. The molecule has 1 aromatic carbocycles. The standard InChI is InChI=1S/C10H8Br2N4/c11-6-1-2-7(12)8(3-6)16-10-4-9(13)14-5-15-10/h1-5H,(H3,13,14,15,16). The highest BCUT2D eigenvalue weighted by atomic mass is 79.9. The molecule has 0 atom stereocenters. The fraction of sp³-hybridized carbons (Fsp3) is 0. The summed E-state index contributed by atoms with van der Waals surface area (Å²) < 4.78 is 1.94. The molecule has 0 aliphatic heterocycles. The number of halogens is 2. The van der Waals surface area contributed by atoms with E-state index in [2.05, 4.69) is 47.1 Å². The van der Waals surface area contributed by atoms with E-state index in [9.17, 15) is 0 Å². The van der Waals surface area contributed by atoms with Crippen LogP contribution >= 0.6 is 31.9 Å². The fourth-order valence-corrected chi connectivity index (χ4v) is 1.88. The molecule has 0 unspecified atom stereocenters. The number of nitrogens with zero attached hydrogens (tertiary/aromatic N) is 2. The molecule has 3 N–H and O–H groups in total. The van der Waals surface area contributed by atoms with Crippen molar-refractivity contribution in [2.24, 2.45) is 0 Å². The van der Waals surface area contributed by atoms with Crippen LogP contribution in [0.2, 0.25) is 0 Å². The Kier molecular flexibility index (Phi) is 3.40. The third-order valence-electron chi connectivity index (χ3n) is 1.88. The van der Waals surface area contributed by atoms with Gasteiger partial charge in [0.25, 0.3) is 0 Å². The van der Waals surface area contributed by atoms with Crippen molar-refractivity contribution in [2.45, 2.75) is 0 Å². The number of nitrogen functional groups attached to an aromatic ring is 1. The van der Waals surface area contributed by atoms with Gasteiger partial charge in [-0.05, 0) is 34.1 Å². The number of anilines is 3. The zero-order valence-corrected chi connectivity index (χ0v) is 11.3. The maximum atomic E-state index is 5.57. The van der Waals surface area contributed by atoms with Gasteiger partial charge in [0.15, 0.2) is 0 Å². The second-order valence-electron chi connectivity index (χ2n) is 3.08. The summed E-state index contributed by atoms with van der Waals surface area (Å²) in [5, 5.41) is 3.15. The zero-order chi connectivity index (χ0) is 11.5. The second-order valence-corrected chi connectivity index (χ2v) is 4.85. The molecule has 0 amide bonds. The van der Waals surface area contributed by atoms with E-state index in [0.717, 1.165) is 14.6 Å². The van der Waals surface area contributed by atoms with Gasteiger partial charge in [-0.3, -0.25) is 0 Å². The van der Waals surface area contributed by atoms with Crippen LogP contribution in [0.1, 0.15) is 0 Å². The van der Waals surface area contributed by atoms with Crippen LogP contribution in [0.15, 0.2) is 39.5 Å². The molecule has 0 saturated heterocycles. The maximum absolute atomic E-state index is 5.57. The first kappa shape index (κ1) is 11.3. The number of rotatable bonds is 2. The highest BCUT2D eigenvalue weighted by Gasteiger charge is 2.02. The van der Waals surface area contributed by atoms with Crippen molar-refractivity contribution in [3.8, 4) is 0 Å². The van der Waals surface area contributed by atoms with Crippen molar-refractivity contribution in [3.05, 3.63) is 39.5 Å². The van der Waals surface area contributed by atoms with E-state index in [1.54, 1.807) is 6.07 Å². The smallest absolute Gasteiger partial charge is 0.135 e. The minimum atomic E-state index is 0.434. The van der Waals surface area contributed by atoms with Crippen LogP contribution in [-0.4, -0.2) is 9.97 Å². The normalized spacial score (nSPS) is 10.1. The second kappa shape index (κ2) is 4.80. The largest absolute Gasteiger partial charge is 0.384 e. The molecule has 0 radical (unpaired) electrons. The lowest BCUT2D eigenvalue weighted by Crippen LogP contribution is -1.97. The van der Waals surface area contributed by atoms with Crippen LogP contribution < -0.4 is 11.1 Å². The van der Waals surface area contributed by atoms with Crippen molar-refractivity contribution >= 4 is 49.2 Å². The van der Waals surface area contributed by atoms with Crippen LogP contribution in [0.5, 0.6) is 0 Å². The summed E-state index contributed by atoms with van der Waals surface area (Å²) in [7, 11) is 0. The van der Waals surface area contributed by atoms with Crippen molar-refractivity contribution in [1.29, 1.82) is 0 Å². The predicted octanol–water partition coefficient (Wildman–Crippen LogP) is 3.33. The van der Waals surface area contributed by atoms with Gasteiger partial charge in [0.2, 0.25) is 0 Å². The quantitative estimate of drug-likeness (QED) is 0.877. The van der Waals surface area contributed by atoms with Gasteiger partial charge in [-0.2, -0.15) is 0 Å². The number of hydrogen-bond acceptors (Lipinski definition) is 4. The third kappa shape index (κ3) is 2.70. The molecule has 16 heavy (non-hydrogen) atoms. The molecule has 0 aliphatic rings. The molecule has 2 aromatic rings. The summed E-state index contributed by atoms with van der Waals surface area (Å²) in [5.74, 6) is 1.09. The Bertz CT molecular complexity index is 516. The molecule has 0 aliphatic carbocycles. The minimum Gasteiger partial charge on any atom is -0.384 e. The molecular weight excluding hydrogens is 336 g/mol. The SMILES string of the molecule is Nc1cc(Nc2cc(Br)ccc2Br)ncn1. The first-order valence-corrected chi connectivity index (χ1v) is 6.03. The number of benzene rings is 1. The molecule has 0 saturated carbocycles. The molecule has 2 rings (SSSR count). The Morgan fingerprint density at radius 2 is 1.94 bits per heavy atom. The van der Waals surface area contributed by atoms with Gasteiger partial charge in [-0.15, -0.1) is 0 Å².